The lowest BCUT2D eigenvalue weighted by atomic mass is 10.2. The number of thiazole rings is 1. The minimum absolute atomic E-state index is 0.156. The first-order valence-electron chi connectivity index (χ1n) is 6.92. The zero-order valence-electron chi connectivity index (χ0n) is 12.4. The number of nitrogens with one attached hydrogen (secondary N) is 1. The maximum absolute atomic E-state index is 12.1. The van der Waals surface area contributed by atoms with Crippen LogP contribution in [0.1, 0.15) is 40.8 Å². The molecule has 0 saturated carbocycles. The minimum atomic E-state index is -0.226. The average molecular weight is 305 g/mol. The fourth-order valence-corrected chi connectivity index (χ4v) is 2.80. The van der Waals surface area contributed by atoms with Crippen molar-refractivity contribution in [3.05, 3.63) is 50.3 Å². The summed E-state index contributed by atoms with van der Waals surface area (Å²) in [6, 6.07) is 3.04. The smallest absolute Gasteiger partial charge is 0.251 e. The van der Waals surface area contributed by atoms with E-state index in [1.54, 1.807) is 28.2 Å². The van der Waals surface area contributed by atoms with Gasteiger partial charge in [-0.25, -0.2) is 4.98 Å². The quantitative estimate of drug-likeness (QED) is 0.920. The maximum Gasteiger partial charge on any atom is 0.251 e. The van der Waals surface area contributed by atoms with Crippen molar-refractivity contribution in [3.63, 3.8) is 0 Å². The van der Waals surface area contributed by atoms with Gasteiger partial charge in [0.25, 0.3) is 11.5 Å². The Morgan fingerprint density at radius 2 is 2.29 bits per heavy atom. The summed E-state index contributed by atoms with van der Waals surface area (Å²) in [4.78, 5) is 28.2. The predicted molar refractivity (Wildman–Crippen MR) is 84.0 cm³/mol. The topological polar surface area (TPSA) is 64.0 Å². The zero-order chi connectivity index (χ0) is 15.4. The molecular weight excluding hydrogens is 286 g/mol. The van der Waals surface area contributed by atoms with Crippen molar-refractivity contribution in [2.24, 2.45) is 0 Å². The highest BCUT2D eigenvalue weighted by atomic mass is 32.1. The van der Waals surface area contributed by atoms with Gasteiger partial charge in [-0.1, -0.05) is 6.92 Å². The summed E-state index contributed by atoms with van der Waals surface area (Å²) in [5.74, 6) is -0.0702. The molecule has 2 aromatic rings. The number of amides is 1. The number of nitrogens with zero attached hydrogens (tertiary/aromatic N) is 2. The minimum Gasteiger partial charge on any atom is -0.351 e. The molecule has 0 radical (unpaired) electrons. The van der Waals surface area contributed by atoms with Gasteiger partial charge in [0.15, 0.2) is 0 Å². The summed E-state index contributed by atoms with van der Waals surface area (Å²) in [5, 5.41) is 5.86. The van der Waals surface area contributed by atoms with E-state index in [4.69, 9.17) is 0 Å². The van der Waals surface area contributed by atoms with E-state index in [1.807, 2.05) is 26.2 Å². The largest absolute Gasteiger partial charge is 0.351 e. The summed E-state index contributed by atoms with van der Waals surface area (Å²) in [6.45, 7) is 6.96. The number of carbonyl (C=O) groups excluding carboxylic acids is 1. The molecule has 6 heteroatoms. The molecule has 0 aliphatic carbocycles. The summed E-state index contributed by atoms with van der Waals surface area (Å²) in [5.41, 5.74) is 1.23. The third kappa shape index (κ3) is 3.78. The van der Waals surface area contributed by atoms with Gasteiger partial charge in [-0.05, 0) is 19.9 Å². The van der Waals surface area contributed by atoms with Gasteiger partial charge in [0, 0.05) is 47.9 Å². The van der Waals surface area contributed by atoms with E-state index in [-0.39, 0.29) is 17.4 Å². The number of rotatable bonds is 5. The van der Waals surface area contributed by atoms with E-state index in [0.717, 1.165) is 10.7 Å². The van der Waals surface area contributed by atoms with Gasteiger partial charge in [0.1, 0.15) is 0 Å². The number of pyridine rings is 1. The molecule has 0 aromatic carbocycles. The van der Waals surface area contributed by atoms with E-state index in [1.165, 1.54) is 6.07 Å². The Morgan fingerprint density at radius 1 is 1.52 bits per heavy atom. The maximum atomic E-state index is 12.1. The fraction of sp³-hybridized carbons (Fsp3) is 0.400. The lowest BCUT2D eigenvalue weighted by Gasteiger charge is -2.10. The van der Waals surface area contributed by atoms with E-state index in [0.29, 0.717) is 18.7 Å². The molecule has 0 fully saturated rings. The molecule has 21 heavy (non-hydrogen) atoms. The number of aromatic nitrogens is 2. The molecule has 1 amide bonds. The lowest BCUT2D eigenvalue weighted by molar-refractivity contribution is 0.0951. The number of aryl methyl sites for hydroxylation is 2. The molecule has 0 spiro atoms. The van der Waals surface area contributed by atoms with Crippen LogP contribution in [0.25, 0.3) is 0 Å². The summed E-state index contributed by atoms with van der Waals surface area (Å²) >= 11 is 1.60. The Hall–Kier alpha value is -1.95. The van der Waals surface area contributed by atoms with Crippen LogP contribution in [0.15, 0.2) is 28.5 Å². The molecule has 0 aliphatic heterocycles. The molecule has 112 valence electrons. The van der Waals surface area contributed by atoms with E-state index in [2.05, 4.69) is 10.3 Å². The van der Waals surface area contributed by atoms with Crippen molar-refractivity contribution < 1.29 is 4.79 Å². The highest BCUT2D eigenvalue weighted by Gasteiger charge is 2.12. The van der Waals surface area contributed by atoms with Crippen molar-refractivity contribution in [1.82, 2.24) is 14.9 Å². The highest BCUT2D eigenvalue weighted by Crippen LogP contribution is 2.18. The van der Waals surface area contributed by atoms with Crippen molar-refractivity contribution >= 4 is 17.2 Å². The molecule has 5 nitrogen and oxygen atoms in total. The van der Waals surface area contributed by atoms with E-state index < -0.39 is 0 Å². The number of hydrogen-bond donors (Lipinski definition) is 1. The van der Waals surface area contributed by atoms with Gasteiger partial charge in [0.2, 0.25) is 0 Å². The highest BCUT2D eigenvalue weighted by molar-refractivity contribution is 7.09. The number of hydrogen-bond acceptors (Lipinski definition) is 4. The van der Waals surface area contributed by atoms with Gasteiger partial charge < -0.3 is 9.88 Å². The first-order chi connectivity index (χ1) is 10.0. The molecule has 1 N–H and O–H groups in total. The molecule has 0 unspecified atom stereocenters. The van der Waals surface area contributed by atoms with Crippen LogP contribution in [0, 0.1) is 6.92 Å². The van der Waals surface area contributed by atoms with Crippen LogP contribution in [-0.2, 0) is 6.54 Å². The molecule has 2 heterocycles. The van der Waals surface area contributed by atoms with Crippen LogP contribution >= 0.6 is 11.3 Å². The summed E-state index contributed by atoms with van der Waals surface area (Å²) in [6.07, 6.45) is 1.64. The Balaban J connectivity index is 1.98. The van der Waals surface area contributed by atoms with Crippen LogP contribution in [0.5, 0.6) is 0 Å². The molecular formula is C15H19N3O2S. The predicted octanol–water partition coefficient (Wildman–Crippen LogP) is 2.17. The summed E-state index contributed by atoms with van der Waals surface area (Å²) in [7, 11) is 0. The molecule has 0 saturated heterocycles. The Labute approximate surface area is 127 Å². The van der Waals surface area contributed by atoms with Gasteiger partial charge in [-0.3, -0.25) is 9.59 Å². The second-order valence-electron chi connectivity index (χ2n) is 4.98. The van der Waals surface area contributed by atoms with Crippen molar-refractivity contribution in [1.29, 1.82) is 0 Å². The zero-order valence-corrected chi connectivity index (χ0v) is 13.2. The third-order valence-corrected chi connectivity index (χ3v) is 4.42. The van der Waals surface area contributed by atoms with Crippen LogP contribution in [0.4, 0.5) is 0 Å². The van der Waals surface area contributed by atoms with Gasteiger partial charge in [-0.15, -0.1) is 11.3 Å². The standard InChI is InChI=1S/C15H19N3O2S/c1-4-18-6-5-12(7-13(18)19)14(20)16-8-10(2)15-17-11(3)9-21-15/h5-7,9-10H,4,8H2,1-3H3,(H,16,20)/t10-/m1/s1. The Morgan fingerprint density at radius 3 is 2.86 bits per heavy atom. The van der Waals surface area contributed by atoms with E-state index in [9.17, 15) is 9.59 Å². The second kappa shape index (κ2) is 6.67. The molecule has 2 rings (SSSR count). The van der Waals surface area contributed by atoms with E-state index >= 15 is 0 Å². The number of carbonyl (C=O) groups is 1. The van der Waals surface area contributed by atoms with Crippen molar-refractivity contribution in [2.45, 2.75) is 33.2 Å². The first-order valence-corrected chi connectivity index (χ1v) is 7.80. The third-order valence-electron chi connectivity index (χ3n) is 3.23. The normalized spacial score (nSPS) is 12.1. The van der Waals surface area contributed by atoms with Gasteiger partial charge in [-0.2, -0.15) is 0 Å². The molecule has 0 aliphatic rings. The van der Waals surface area contributed by atoms with Crippen molar-refractivity contribution in [3.8, 4) is 0 Å². The Kier molecular flexibility index (Phi) is 4.90. The van der Waals surface area contributed by atoms with Crippen LogP contribution < -0.4 is 10.9 Å². The van der Waals surface area contributed by atoms with Gasteiger partial charge >= 0.3 is 0 Å². The van der Waals surface area contributed by atoms with Crippen LogP contribution in [0.2, 0.25) is 0 Å². The first kappa shape index (κ1) is 15.4. The SMILES string of the molecule is CCn1ccc(C(=O)NC[C@@H](C)c2nc(C)cs2)cc1=O. The lowest BCUT2D eigenvalue weighted by Crippen LogP contribution is -2.29. The van der Waals surface area contributed by atoms with Crippen molar-refractivity contribution in [2.75, 3.05) is 6.54 Å². The Bertz CT molecular complexity index is 690. The summed E-state index contributed by atoms with van der Waals surface area (Å²) < 4.78 is 1.55. The average Bonchev–Trinajstić information content (AvgIpc) is 2.91. The molecule has 2 aromatic heterocycles. The van der Waals surface area contributed by atoms with Gasteiger partial charge in [0.05, 0.1) is 5.01 Å². The molecule has 0 bridgehead atoms. The molecule has 1 atom stereocenters. The monoisotopic (exact) mass is 305 g/mol. The second-order valence-corrected chi connectivity index (χ2v) is 5.87. The van der Waals surface area contributed by atoms with Crippen LogP contribution in [-0.4, -0.2) is 22.0 Å². The van der Waals surface area contributed by atoms with Crippen LogP contribution in [0.3, 0.4) is 0 Å². The fourth-order valence-electron chi connectivity index (χ4n) is 1.94.